The molecule has 0 saturated carbocycles. The van der Waals surface area contributed by atoms with Gasteiger partial charge in [-0.2, -0.15) is 0 Å². The van der Waals surface area contributed by atoms with E-state index in [2.05, 4.69) is 10.6 Å². The van der Waals surface area contributed by atoms with Crippen molar-refractivity contribution in [1.29, 1.82) is 0 Å². The maximum Gasteiger partial charge on any atom is 0.239 e. The molecule has 2 aliphatic rings. The molecule has 2 fully saturated rings. The van der Waals surface area contributed by atoms with E-state index in [1.807, 2.05) is 11.8 Å². The van der Waals surface area contributed by atoms with Crippen molar-refractivity contribution in [2.45, 2.75) is 51.1 Å². The van der Waals surface area contributed by atoms with Crippen LogP contribution in [-0.2, 0) is 9.59 Å². The van der Waals surface area contributed by atoms with Gasteiger partial charge >= 0.3 is 0 Å². The van der Waals surface area contributed by atoms with Gasteiger partial charge in [0.25, 0.3) is 0 Å². The SMILES string of the molecule is CCC(=O)NC1CCN(C(=O)C2CCCN2)CC1. The largest absolute Gasteiger partial charge is 0.353 e. The molecule has 1 unspecified atom stereocenters. The molecule has 2 amide bonds. The molecule has 0 aliphatic carbocycles. The molecule has 5 nitrogen and oxygen atoms in total. The number of rotatable bonds is 3. The molecule has 0 aromatic heterocycles. The normalized spacial score (nSPS) is 25.2. The van der Waals surface area contributed by atoms with Crippen LogP contribution in [0.2, 0.25) is 0 Å². The van der Waals surface area contributed by atoms with E-state index < -0.39 is 0 Å². The highest BCUT2D eigenvalue weighted by atomic mass is 16.2. The fourth-order valence-electron chi connectivity index (χ4n) is 2.69. The summed E-state index contributed by atoms with van der Waals surface area (Å²) >= 11 is 0. The highest BCUT2D eigenvalue weighted by molar-refractivity contribution is 5.82. The van der Waals surface area contributed by atoms with Gasteiger partial charge in [-0.25, -0.2) is 0 Å². The second kappa shape index (κ2) is 6.18. The quantitative estimate of drug-likeness (QED) is 0.758. The summed E-state index contributed by atoms with van der Waals surface area (Å²) in [6, 6.07) is 0.282. The smallest absolute Gasteiger partial charge is 0.239 e. The summed E-state index contributed by atoms with van der Waals surface area (Å²) in [7, 11) is 0. The molecule has 0 spiro atoms. The Morgan fingerprint density at radius 2 is 2.00 bits per heavy atom. The summed E-state index contributed by atoms with van der Waals surface area (Å²) in [5.41, 5.74) is 0. The van der Waals surface area contributed by atoms with Gasteiger partial charge in [-0.1, -0.05) is 6.92 Å². The number of piperidine rings is 1. The van der Waals surface area contributed by atoms with Crippen LogP contribution in [0, 0.1) is 0 Å². The lowest BCUT2D eigenvalue weighted by Crippen LogP contribution is -2.50. The van der Waals surface area contributed by atoms with Crippen LogP contribution in [0.4, 0.5) is 0 Å². The van der Waals surface area contributed by atoms with Gasteiger partial charge in [0.15, 0.2) is 0 Å². The van der Waals surface area contributed by atoms with Crippen molar-refractivity contribution in [2.75, 3.05) is 19.6 Å². The number of carbonyl (C=O) groups excluding carboxylic acids is 2. The van der Waals surface area contributed by atoms with Crippen LogP contribution in [0.3, 0.4) is 0 Å². The standard InChI is InChI=1S/C13H23N3O2/c1-2-12(17)15-10-5-8-16(9-6-10)13(18)11-4-3-7-14-11/h10-11,14H,2-9H2,1H3,(H,15,17). The summed E-state index contributed by atoms with van der Waals surface area (Å²) in [4.78, 5) is 25.4. The van der Waals surface area contributed by atoms with E-state index in [4.69, 9.17) is 0 Å². The maximum absolute atomic E-state index is 12.2. The van der Waals surface area contributed by atoms with Crippen LogP contribution >= 0.6 is 0 Å². The van der Waals surface area contributed by atoms with E-state index in [0.29, 0.717) is 6.42 Å². The van der Waals surface area contributed by atoms with Gasteiger partial charge in [0, 0.05) is 25.6 Å². The zero-order chi connectivity index (χ0) is 13.0. The van der Waals surface area contributed by atoms with Crippen molar-refractivity contribution in [3.8, 4) is 0 Å². The maximum atomic E-state index is 12.2. The zero-order valence-corrected chi connectivity index (χ0v) is 11.1. The first-order valence-corrected chi connectivity index (χ1v) is 7.02. The Morgan fingerprint density at radius 3 is 2.56 bits per heavy atom. The number of amides is 2. The van der Waals surface area contributed by atoms with Crippen LogP contribution in [-0.4, -0.2) is 48.4 Å². The molecule has 18 heavy (non-hydrogen) atoms. The van der Waals surface area contributed by atoms with Gasteiger partial charge in [0.1, 0.15) is 0 Å². The van der Waals surface area contributed by atoms with E-state index in [-0.39, 0.29) is 23.9 Å². The minimum Gasteiger partial charge on any atom is -0.353 e. The summed E-state index contributed by atoms with van der Waals surface area (Å²) in [5.74, 6) is 0.352. The van der Waals surface area contributed by atoms with Crippen molar-refractivity contribution < 1.29 is 9.59 Å². The topological polar surface area (TPSA) is 61.4 Å². The first-order chi connectivity index (χ1) is 8.70. The molecule has 1 atom stereocenters. The third kappa shape index (κ3) is 3.22. The lowest BCUT2D eigenvalue weighted by atomic mass is 10.0. The average molecular weight is 253 g/mol. The van der Waals surface area contributed by atoms with Crippen LogP contribution in [0.1, 0.15) is 39.0 Å². The minimum atomic E-state index is 0.0341. The molecule has 102 valence electrons. The van der Waals surface area contributed by atoms with Gasteiger partial charge in [-0.05, 0) is 32.2 Å². The molecule has 0 bridgehead atoms. The van der Waals surface area contributed by atoms with E-state index in [0.717, 1.165) is 45.3 Å². The first kappa shape index (κ1) is 13.3. The van der Waals surface area contributed by atoms with E-state index in [9.17, 15) is 9.59 Å². The predicted octanol–water partition coefficient (Wildman–Crippen LogP) is 0.256. The minimum absolute atomic E-state index is 0.0341. The van der Waals surface area contributed by atoms with Crippen molar-refractivity contribution >= 4 is 11.8 Å². The van der Waals surface area contributed by atoms with Crippen molar-refractivity contribution in [3.05, 3.63) is 0 Å². The summed E-state index contributed by atoms with van der Waals surface area (Å²) < 4.78 is 0. The van der Waals surface area contributed by atoms with Gasteiger partial charge in [-0.3, -0.25) is 9.59 Å². The highest BCUT2D eigenvalue weighted by Crippen LogP contribution is 2.15. The predicted molar refractivity (Wildman–Crippen MR) is 69.1 cm³/mol. The average Bonchev–Trinajstić information content (AvgIpc) is 2.92. The van der Waals surface area contributed by atoms with Crippen molar-refractivity contribution in [1.82, 2.24) is 15.5 Å². The van der Waals surface area contributed by atoms with Crippen LogP contribution in [0.15, 0.2) is 0 Å². The second-order valence-corrected chi connectivity index (χ2v) is 5.17. The third-order valence-corrected chi connectivity index (χ3v) is 3.85. The molecule has 2 aliphatic heterocycles. The van der Waals surface area contributed by atoms with Gasteiger partial charge < -0.3 is 15.5 Å². The zero-order valence-electron chi connectivity index (χ0n) is 11.1. The van der Waals surface area contributed by atoms with Crippen LogP contribution < -0.4 is 10.6 Å². The molecule has 2 rings (SSSR count). The Bertz CT molecular complexity index is 305. The monoisotopic (exact) mass is 253 g/mol. The molecule has 2 N–H and O–H groups in total. The Balaban J connectivity index is 1.75. The molecule has 2 heterocycles. The molecule has 0 aromatic carbocycles. The van der Waals surface area contributed by atoms with Crippen molar-refractivity contribution in [2.24, 2.45) is 0 Å². The fourth-order valence-corrected chi connectivity index (χ4v) is 2.69. The van der Waals surface area contributed by atoms with Gasteiger partial charge in [0.05, 0.1) is 6.04 Å². The van der Waals surface area contributed by atoms with E-state index in [1.165, 1.54) is 0 Å². The molecule has 2 saturated heterocycles. The molecule has 0 radical (unpaired) electrons. The van der Waals surface area contributed by atoms with Crippen molar-refractivity contribution in [3.63, 3.8) is 0 Å². The molecule has 5 heteroatoms. The van der Waals surface area contributed by atoms with Gasteiger partial charge in [0.2, 0.25) is 11.8 Å². The summed E-state index contributed by atoms with van der Waals surface area (Å²) in [5, 5.41) is 6.25. The Labute approximate surface area is 108 Å². The number of nitrogens with one attached hydrogen (secondary N) is 2. The first-order valence-electron chi connectivity index (χ1n) is 7.02. The third-order valence-electron chi connectivity index (χ3n) is 3.85. The number of hydrogen-bond acceptors (Lipinski definition) is 3. The summed E-state index contributed by atoms with van der Waals surface area (Å²) in [6.07, 6.45) is 4.35. The molecular formula is C13H23N3O2. The number of hydrogen-bond donors (Lipinski definition) is 2. The van der Waals surface area contributed by atoms with Gasteiger partial charge in [-0.15, -0.1) is 0 Å². The fraction of sp³-hybridized carbons (Fsp3) is 0.846. The van der Waals surface area contributed by atoms with Crippen LogP contribution in [0.25, 0.3) is 0 Å². The van der Waals surface area contributed by atoms with E-state index in [1.54, 1.807) is 0 Å². The number of carbonyl (C=O) groups is 2. The Hall–Kier alpha value is -1.10. The second-order valence-electron chi connectivity index (χ2n) is 5.17. The Kier molecular flexibility index (Phi) is 4.58. The lowest BCUT2D eigenvalue weighted by molar-refractivity contribution is -0.134. The lowest BCUT2D eigenvalue weighted by Gasteiger charge is -2.33. The van der Waals surface area contributed by atoms with Crippen LogP contribution in [0.5, 0.6) is 0 Å². The highest BCUT2D eigenvalue weighted by Gasteiger charge is 2.29. The molecular weight excluding hydrogens is 230 g/mol. The summed E-state index contributed by atoms with van der Waals surface area (Å²) in [6.45, 7) is 4.36. The Morgan fingerprint density at radius 1 is 1.28 bits per heavy atom. The number of likely N-dealkylation sites (tertiary alicyclic amines) is 1. The van der Waals surface area contributed by atoms with E-state index >= 15 is 0 Å². The molecule has 0 aromatic rings. The number of nitrogens with zero attached hydrogens (tertiary/aromatic N) is 1.